The van der Waals surface area contributed by atoms with Crippen molar-refractivity contribution in [2.24, 2.45) is 17.6 Å². The van der Waals surface area contributed by atoms with E-state index in [1.54, 1.807) is 90.1 Å². The number of anilines is 1. The maximum atomic E-state index is 14.2. The molecule has 0 heterocycles. The number of carbonyl (C=O) groups excluding carboxylic acids is 7. The third-order valence-corrected chi connectivity index (χ3v) is 10.9. The third kappa shape index (κ3) is 20.4. The molecule has 17 nitrogen and oxygen atoms in total. The number of hydrogen-bond acceptors (Lipinski definition) is 12. The van der Waals surface area contributed by atoms with E-state index in [1.165, 1.54) is 4.90 Å². The summed E-state index contributed by atoms with van der Waals surface area (Å²) in [5, 5.41) is 13.0. The van der Waals surface area contributed by atoms with Crippen molar-refractivity contribution in [3.05, 3.63) is 42.0 Å². The number of unbranched alkanes of at least 4 members (excludes halogenated alkanes) is 1. The second-order valence-electron chi connectivity index (χ2n) is 21.8. The smallest absolute Gasteiger partial charge is 0.414 e. The van der Waals surface area contributed by atoms with Crippen LogP contribution < -0.4 is 31.9 Å². The number of esters is 3. The number of rotatable bonds is 19. The van der Waals surface area contributed by atoms with Crippen molar-refractivity contribution < 1.29 is 52.5 Å². The van der Waals surface area contributed by atoms with Crippen molar-refractivity contribution in [1.29, 1.82) is 0 Å². The zero-order valence-electron chi connectivity index (χ0n) is 42.9. The summed E-state index contributed by atoms with van der Waals surface area (Å²) in [6.07, 6.45) is 2.96. The quantitative estimate of drug-likeness (QED) is 0.0538. The molecule has 17 heteroatoms. The second kappa shape index (κ2) is 24.7. The lowest BCUT2D eigenvalue weighted by molar-refractivity contribution is -0.159. The summed E-state index contributed by atoms with van der Waals surface area (Å²) in [7, 11) is 1.61. The molecule has 0 saturated heterocycles. The molecule has 1 saturated carbocycles. The fraction of sp³-hybridized carbons (Fsp3) is 0.667. The number of benzene rings is 2. The molecule has 3 atom stereocenters. The maximum Gasteiger partial charge on any atom is 0.414 e. The lowest BCUT2D eigenvalue weighted by atomic mass is 9.81. The van der Waals surface area contributed by atoms with Gasteiger partial charge < -0.3 is 45.9 Å². The molecule has 0 aliphatic heterocycles. The van der Waals surface area contributed by atoms with Crippen molar-refractivity contribution in [3.8, 4) is 0 Å². The fourth-order valence-electron chi connectivity index (χ4n) is 7.62. The van der Waals surface area contributed by atoms with Gasteiger partial charge in [-0.3, -0.25) is 19.3 Å². The van der Waals surface area contributed by atoms with Gasteiger partial charge in [0.05, 0.1) is 5.69 Å². The van der Waals surface area contributed by atoms with E-state index in [-0.39, 0.29) is 44.1 Å². The average Bonchev–Trinajstić information content (AvgIpc) is 3.21. The topological polar surface area (TPSA) is 234 Å². The van der Waals surface area contributed by atoms with Crippen LogP contribution in [0.5, 0.6) is 0 Å². The van der Waals surface area contributed by atoms with Crippen LogP contribution in [-0.4, -0.2) is 103 Å². The first-order valence-electron chi connectivity index (χ1n) is 23.9. The second-order valence-corrected chi connectivity index (χ2v) is 21.8. The fourth-order valence-corrected chi connectivity index (χ4v) is 7.62. The lowest BCUT2D eigenvalue weighted by Crippen LogP contribution is -2.53. The molecule has 0 aromatic heterocycles. The number of fused-ring (bicyclic) bond motifs is 1. The van der Waals surface area contributed by atoms with Gasteiger partial charge in [-0.2, -0.15) is 0 Å². The van der Waals surface area contributed by atoms with Gasteiger partial charge in [0.25, 0.3) is 0 Å². The van der Waals surface area contributed by atoms with Crippen LogP contribution >= 0.6 is 0 Å². The Hall–Kier alpha value is -5.45. The minimum absolute atomic E-state index is 0.0604. The van der Waals surface area contributed by atoms with Gasteiger partial charge in [-0.1, -0.05) is 24.3 Å². The molecular weight excluding hydrogens is 873 g/mol. The van der Waals surface area contributed by atoms with Crippen LogP contribution in [0.25, 0.3) is 10.8 Å². The average molecular weight is 953 g/mol. The van der Waals surface area contributed by atoms with Gasteiger partial charge in [0.2, 0.25) is 11.8 Å². The summed E-state index contributed by atoms with van der Waals surface area (Å²) in [4.78, 5) is 95.5. The Morgan fingerprint density at radius 3 is 1.69 bits per heavy atom. The first-order chi connectivity index (χ1) is 31.4. The summed E-state index contributed by atoms with van der Waals surface area (Å²) in [6, 6.07) is 7.20. The molecule has 1 aliphatic rings. The van der Waals surface area contributed by atoms with E-state index in [1.807, 2.05) is 36.4 Å². The van der Waals surface area contributed by atoms with E-state index >= 15 is 0 Å². The first kappa shape index (κ1) is 56.9. The molecule has 0 radical (unpaired) electrons. The van der Waals surface area contributed by atoms with E-state index in [4.69, 9.17) is 24.7 Å². The molecular formula is C51H80N6O11. The van der Waals surface area contributed by atoms with Crippen LogP contribution in [0.1, 0.15) is 146 Å². The van der Waals surface area contributed by atoms with Gasteiger partial charge in [0, 0.05) is 32.4 Å². The number of nitrogens with zero attached hydrogens (tertiary/aromatic N) is 1. The molecule has 68 heavy (non-hydrogen) atoms. The van der Waals surface area contributed by atoms with Crippen molar-refractivity contribution >= 4 is 58.3 Å². The van der Waals surface area contributed by atoms with Crippen molar-refractivity contribution in [1.82, 2.24) is 21.3 Å². The summed E-state index contributed by atoms with van der Waals surface area (Å²) >= 11 is 0. The number of nitrogens with two attached hydrogens (primary N) is 1. The number of hydrogen-bond donors (Lipinski definition) is 5. The number of ether oxygens (including phenoxy) is 4. The van der Waals surface area contributed by atoms with Gasteiger partial charge in [0.1, 0.15) is 40.5 Å². The minimum Gasteiger partial charge on any atom is -0.460 e. The van der Waals surface area contributed by atoms with Crippen LogP contribution in [0.3, 0.4) is 0 Å². The molecule has 6 N–H and O–H groups in total. The Balaban J connectivity index is 1.80. The molecule has 2 aromatic carbocycles. The molecule has 2 aromatic rings. The highest BCUT2D eigenvalue weighted by Crippen LogP contribution is 2.31. The Morgan fingerprint density at radius 1 is 0.662 bits per heavy atom. The SMILES string of the molecule is CN(C(=O)OC(C)(C)C)c1cc2ccccc2cc1C[C@@H](NC(=O)C1CCC(CN)CC1)C(=O)NCCCC[C@H](NC(=O)N[C@@H](CCC(=O)OC(C)(C)C)C(=O)OC(C)(C)C)C(=O)OC(C)(C)C. The van der Waals surface area contributed by atoms with E-state index < -0.39 is 76.5 Å². The van der Waals surface area contributed by atoms with Gasteiger partial charge in [0.15, 0.2) is 0 Å². The number of amides is 5. The highest BCUT2D eigenvalue weighted by Gasteiger charge is 2.33. The summed E-state index contributed by atoms with van der Waals surface area (Å²) in [5.74, 6) is -2.62. The summed E-state index contributed by atoms with van der Waals surface area (Å²) < 4.78 is 22.2. The first-order valence-corrected chi connectivity index (χ1v) is 23.9. The monoisotopic (exact) mass is 953 g/mol. The van der Waals surface area contributed by atoms with E-state index in [2.05, 4.69) is 21.3 Å². The van der Waals surface area contributed by atoms with Gasteiger partial charge in [-0.15, -0.1) is 0 Å². The minimum atomic E-state index is -1.24. The Bertz CT molecular complexity index is 2060. The van der Waals surface area contributed by atoms with Gasteiger partial charge >= 0.3 is 30.0 Å². The molecule has 3 rings (SSSR count). The van der Waals surface area contributed by atoms with Crippen LogP contribution in [0.2, 0.25) is 0 Å². The summed E-state index contributed by atoms with van der Waals surface area (Å²) in [5.41, 5.74) is 3.81. The van der Waals surface area contributed by atoms with Crippen molar-refractivity contribution in [2.45, 2.75) is 188 Å². The predicted octanol–water partition coefficient (Wildman–Crippen LogP) is 7.13. The maximum absolute atomic E-state index is 14.2. The molecule has 380 valence electrons. The highest BCUT2D eigenvalue weighted by atomic mass is 16.6. The van der Waals surface area contributed by atoms with Crippen molar-refractivity contribution in [2.75, 3.05) is 25.0 Å². The molecule has 1 fully saturated rings. The molecule has 0 bridgehead atoms. The van der Waals surface area contributed by atoms with Crippen LogP contribution in [-0.2, 0) is 49.3 Å². The number of nitrogens with one attached hydrogen (secondary N) is 4. The zero-order chi connectivity index (χ0) is 51.2. The van der Waals surface area contributed by atoms with E-state index in [0.29, 0.717) is 49.4 Å². The number of urea groups is 1. The standard InChI is InChI=1S/C51H80N6O11/c1-48(2,3)65-41(58)26-25-38(45(62)67-50(7,8)9)56-46(63)55-37(44(61)66-49(4,5)6)20-16-17-27-53-43(60)39(54-42(59)33-23-21-32(31-52)22-24-33)29-36-28-34-18-14-15-19-35(34)30-40(36)57(13)47(64)68-51(10,11)12/h14-15,18-19,28,30,32-33,37-39H,16-17,20-27,29,31,52H2,1-13H3,(H,53,60)(H,54,59)(H2,55,56,63)/t32?,33?,37-,38-,39+/m0/s1. The number of carbonyl (C=O) groups is 7. The highest BCUT2D eigenvalue weighted by molar-refractivity contribution is 5.95. The molecule has 0 spiro atoms. The van der Waals surface area contributed by atoms with Gasteiger partial charge in [-0.25, -0.2) is 19.2 Å². The van der Waals surface area contributed by atoms with Crippen LogP contribution in [0.4, 0.5) is 15.3 Å². The molecule has 1 aliphatic carbocycles. The van der Waals surface area contributed by atoms with E-state index in [9.17, 15) is 33.6 Å². The molecule has 0 unspecified atom stereocenters. The predicted molar refractivity (Wildman–Crippen MR) is 262 cm³/mol. The Labute approximate surface area is 403 Å². The summed E-state index contributed by atoms with van der Waals surface area (Å²) in [6.45, 7) is 21.4. The largest absolute Gasteiger partial charge is 0.460 e. The lowest BCUT2D eigenvalue weighted by Gasteiger charge is -2.29. The van der Waals surface area contributed by atoms with Crippen molar-refractivity contribution in [3.63, 3.8) is 0 Å². The molecule has 5 amide bonds. The van der Waals surface area contributed by atoms with Crippen LogP contribution in [0, 0.1) is 11.8 Å². The van der Waals surface area contributed by atoms with E-state index in [0.717, 1.165) is 23.6 Å². The van der Waals surface area contributed by atoms with Gasteiger partial charge in [-0.05, 0) is 175 Å². The Kier molecular flexibility index (Phi) is 20.7. The zero-order valence-corrected chi connectivity index (χ0v) is 42.9. The Morgan fingerprint density at radius 2 is 1.18 bits per heavy atom. The third-order valence-electron chi connectivity index (χ3n) is 10.9. The normalized spacial score (nSPS) is 16.9. The van der Waals surface area contributed by atoms with Crippen LogP contribution in [0.15, 0.2) is 36.4 Å².